The van der Waals surface area contributed by atoms with Crippen LogP contribution in [0.4, 0.5) is 0 Å². The molecule has 142 valence electrons. The summed E-state index contributed by atoms with van der Waals surface area (Å²) in [5, 5.41) is 0. The number of cyclic esters (lactones) is 1. The second kappa shape index (κ2) is 7.60. The number of esters is 1. The second-order valence-corrected chi connectivity index (χ2v) is 6.18. The van der Waals surface area contributed by atoms with Crippen LogP contribution in [-0.2, 0) is 9.53 Å². The molecule has 0 amide bonds. The third kappa shape index (κ3) is 3.49. The number of benzene rings is 2. The van der Waals surface area contributed by atoms with Gasteiger partial charge in [-0.2, -0.15) is 0 Å². The van der Waals surface area contributed by atoms with Crippen molar-refractivity contribution in [3.8, 4) is 17.2 Å². The van der Waals surface area contributed by atoms with E-state index in [-0.39, 0.29) is 11.6 Å². The quantitative estimate of drug-likeness (QED) is 0.586. The van der Waals surface area contributed by atoms with Crippen molar-refractivity contribution in [1.82, 2.24) is 0 Å². The third-order valence-electron chi connectivity index (χ3n) is 4.32. The number of carbonyl (C=O) groups excluding carboxylic acids is 1. The first-order valence-corrected chi connectivity index (χ1v) is 8.94. The molecule has 2 aliphatic heterocycles. The Morgan fingerprint density at radius 3 is 2.89 bits per heavy atom. The van der Waals surface area contributed by atoms with Gasteiger partial charge in [0.25, 0.3) is 0 Å². The Morgan fingerprint density at radius 2 is 2.07 bits per heavy atom. The fourth-order valence-electron chi connectivity index (χ4n) is 3.00. The lowest BCUT2D eigenvalue weighted by molar-refractivity contribution is -0.130. The molecule has 0 saturated heterocycles. The summed E-state index contributed by atoms with van der Waals surface area (Å²) in [5.74, 6) is 1.84. The number of rotatable bonds is 5. The highest BCUT2D eigenvalue weighted by molar-refractivity contribution is 6.12. The van der Waals surface area contributed by atoms with Crippen molar-refractivity contribution >= 4 is 17.9 Å². The standard InChI is InChI=1S/C22H19NO5/c1-3-26-19-7-5-4-6-17(19)21-23-18(22(24)28-21)11-14-10-15-8-9-16(25-2)12-20(15)27-13-14/h4-12H,3,13H2,1-2H3. The van der Waals surface area contributed by atoms with Gasteiger partial charge in [-0.05, 0) is 48.9 Å². The molecule has 2 aromatic carbocycles. The molecule has 6 heteroatoms. The van der Waals surface area contributed by atoms with E-state index >= 15 is 0 Å². The highest BCUT2D eigenvalue weighted by Crippen LogP contribution is 2.31. The molecule has 0 fully saturated rings. The average Bonchev–Trinajstić information content (AvgIpc) is 3.08. The van der Waals surface area contributed by atoms with Gasteiger partial charge in [0, 0.05) is 11.6 Å². The van der Waals surface area contributed by atoms with E-state index < -0.39 is 5.97 Å². The molecule has 4 rings (SSSR count). The van der Waals surface area contributed by atoms with Gasteiger partial charge in [0.2, 0.25) is 5.90 Å². The van der Waals surface area contributed by atoms with Crippen molar-refractivity contribution in [3.05, 3.63) is 70.9 Å². The predicted molar refractivity (Wildman–Crippen MR) is 105 cm³/mol. The Labute approximate surface area is 162 Å². The largest absolute Gasteiger partial charge is 0.497 e. The van der Waals surface area contributed by atoms with Gasteiger partial charge < -0.3 is 18.9 Å². The third-order valence-corrected chi connectivity index (χ3v) is 4.32. The number of para-hydroxylation sites is 1. The number of hydrogen-bond acceptors (Lipinski definition) is 6. The van der Waals surface area contributed by atoms with E-state index in [1.54, 1.807) is 13.2 Å². The van der Waals surface area contributed by atoms with Crippen LogP contribution in [0.3, 0.4) is 0 Å². The molecule has 0 aliphatic carbocycles. The van der Waals surface area contributed by atoms with Crippen molar-refractivity contribution in [2.24, 2.45) is 4.99 Å². The smallest absolute Gasteiger partial charge is 0.363 e. The van der Waals surface area contributed by atoms with Crippen LogP contribution in [0.25, 0.3) is 6.08 Å². The van der Waals surface area contributed by atoms with Crippen molar-refractivity contribution in [2.45, 2.75) is 6.92 Å². The fraction of sp³-hybridized carbons (Fsp3) is 0.182. The molecule has 0 radical (unpaired) electrons. The molecule has 2 aliphatic rings. The number of hydrogen-bond donors (Lipinski definition) is 0. The maximum absolute atomic E-state index is 12.3. The molecular weight excluding hydrogens is 358 g/mol. The first-order chi connectivity index (χ1) is 13.7. The van der Waals surface area contributed by atoms with Crippen LogP contribution < -0.4 is 14.2 Å². The minimum absolute atomic E-state index is 0.230. The SMILES string of the molecule is CCOc1ccccc1C1=NC(=CC2=Cc3ccc(OC)cc3OC2)C(=O)O1. The van der Waals surface area contributed by atoms with Crippen molar-refractivity contribution < 1.29 is 23.7 Å². The van der Waals surface area contributed by atoms with Crippen LogP contribution in [0.15, 0.2) is 64.8 Å². The van der Waals surface area contributed by atoms with Crippen molar-refractivity contribution in [3.63, 3.8) is 0 Å². The molecule has 0 saturated carbocycles. The van der Waals surface area contributed by atoms with Gasteiger partial charge in [-0.25, -0.2) is 9.79 Å². The summed E-state index contributed by atoms with van der Waals surface area (Å²) >= 11 is 0. The summed E-state index contributed by atoms with van der Waals surface area (Å²) in [5.41, 5.74) is 2.62. The van der Waals surface area contributed by atoms with E-state index in [0.29, 0.717) is 24.5 Å². The van der Waals surface area contributed by atoms with Crippen molar-refractivity contribution in [1.29, 1.82) is 0 Å². The Morgan fingerprint density at radius 1 is 1.21 bits per heavy atom. The predicted octanol–water partition coefficient (Wildman–Crippen LogP) is 3.76. The molecule has 0 aromatic heterocycles. The first kappa shape index (κ1) is 17.9. The molecule has 0 spiro atoms. The van der Waals surface area contributed by atoms with Crippen molar-refractivity contribution in [2.75, 3.05) is 20.3 Å². The lowest BCUT2D eigenvalue weighted by Crippen LogP contribution is -2.09. The van der Waals surface area contributed by atoms with Crippen LogP contribution in [0.5, 0.6) is 17.2 Å². The number of methoxy groups -OCH3 is 1. The van der Waals surface area contributed by atoms with Crippen LogP contribution in [-0.4, -0.2) is 32.2 Å². The van der Waals surface area contributed by atoms with E-state index in [0.717, 1.165) is 22.6 Å². The van der Waals surface area contributed by atoms with Gasteiger partial charge in [-0.3, -0.25) is 0 Å². The zero-order valence-corrected chi connectivity index (χ0v) is 15.6. The van der Waals surface area contributed by atoms with Gasteiger partial charge in [0.15, 0.2) is 5.70 Å². The van der Waals surface area contributed by atoms with Gasteiger partial charge in [-0.1, -0.05) is 12.1 Å². The topological polar surface area (TPSA) is 66.3 Å². The molecule has 0 unspecified atom stereocenters. The molecule has 6 nitrogen and oxygen atoms in total. The summed E-state index contributed by atoms with van der Waals surface area (Å²) in [6.07, 6.45) is 3.64. The molecule has 2 aromatic rings. The van der Waals surface area contributed by atoms with Gasteiger partial charge in [0.1, 0.15) is 23.9 Å². The molecule has 2 heterocycles. The Bertz CT molecular complexity index is 1020. The number of aliphatic imine (C=N–C) groups is 1. The van der Waals surface area contributed by atoms with Crippen LogP contribution in [0.1, 0.15) is 18.1 Å². The minimum atomic E-state index is -0.497. The number of ether oxygens (including phenoxy) is 4. The second-order valence-electron chi connectivity index (χ2n) is 6.18. The highest BCUT2D eigenvalue weighted by Gasteiger charge is 2.27. The van der Waals surface area contributed by atoms with Gasteiger partial charge >= 0.3 is 5.97 Å². The summed E-state index contributed by atoms with van der Waals surface area (Å²) in [6.45, 7) is 2.74. The highest BCUT2D eigenvalue weighted by atomic mass is 16.6. The summed E-state index contributed by atoms with van der Waals surface area (Å²) in [7, 11) is 1.61. The lowest BCUT2D eigenvalue weighted by Gasteiger charge is -2.16. The van der Waals surface area contributed by atoms with Crippen LogP contribution >= 0.6 is 0 Å². The Hall–Kier alpha value is -3.54. The normalized spacial score (nSPS) is 16.6. The molecule has 0 N–H and O–H groups in total. The van der Waals surface area contributed by atoms with Gasteiger partial charge in [0.05, 0.1) is 19.3 Å². The number of carbonyl (C=O) groups is 1. The average molecular weight is 377 g/mol. The first-order valence-electron chi connectivity index (χ1n) is 8.94. The maximum Gasteiger partial charge on any atom is 0.363 e. The summed E-state index contributed by atoms with van der Waals surface area (Å²) < 4.78 is 21.9. The minimum Gasteiger partial charge on any atom is -0.497 e. The van der Waals surface area contributed by atoms with Crippen LogP contribution in [0, 0.1) is 0 Å². The Kier molecular flexibility index (Phi) is 4.85. The van der Waals surface area contributed by atoms with E-state index in [9.17, 15) is 4.79 Å². The Balaban J connectivity index is 1.63. The summed E-state index contributed by atoms with van der Waals surface area (Å²) in [4.78, 5) is 16.7. The van der Waals surface area contributed by atoms with E-state index in [2.05, 4.69) is 4.99 Å². The monoisotopic (exact) mass is 377 g/mol. The molecule has 28 heavy (non-hydrogen) atoms. The molecular formula is C22H19NO5. The maximum atomic E-state index is 12.3. The summed E-state index contributed by atoms with van der Waals surface area (Å²) in [6, 6.07) is 12.9. The fourth-order valence-corrected chi connectivity index (χ4v) is 3.00. The van der Waals surface area contributed by atoms with E-state index in [1.807, 2.05) is 55.5 Å². The van der Waals surface area contributed by atoms with E-state index in [1.165, 1.54) is 0 Å². The number of nitrogens with zero attached hydrogens (tertiary/aromatic N) is 1. The van der Waals surface area contributed by atoms with E-state index in [4.69, 9.17) is 18.9 Å². The van der Waals surface area contributed by atoms with Crippen LogP contribution in [0.2, 0.25) is 0 Å². The van der Waals surface area contributed by atoms with Gasteiger partial charge in [-0.15, -0.1) is 0 Å². The zero-order valence-electron chi connectivity index (χ0n) is 15.6. The molecule has 0 atom stereocenters. The lowest BCUT2D eigenvalue weighted by atomic mass is 10.1. The molecule has 0 bridgehead atoms. The number of fused-ring (bicyclic) bond motifs is 1. The zero-order chi connectivity index (χ0) is 19.5.